The number of hydrogen-bond acceptors (Lipinski definition) is 8. The van der Waals surface area contributed by atoms with Crippen LogP contribution in [0, 0.1) is 0 Å². The lowest BCUT2D eigenvalue weighted by Crippen LogP contribution is -2.39. The molecule has 1 saturated heterocycles. The highest BCUT2D eigenvalue weighted by Gasteiger charge is 2.39. The van der Waals surface area contributed by atoms with Gasteiger partial charge in [-0.3, -0.25) is 14.4 Å². The van der Waals surface area contributed by atoms with Gasteiger partial charge in [0.15, 0.2) is 12.4 Å². The molecule has 0 radical (unpaired) electrons. The third-order valence-electron chi connectivity index (χ3n) is 6.06. The highest BCUT2D eigenvalue weighted by atomic mass is 35.5. The number of rotatable bonds is 10. The molecule has 0 aliphatic carbocycles. The molecule has 1 atom stereocenters. The number of hydrogen-bond donors (Lipinski definition) is 2. The fourth-order valence-corrected chi connectivity index (χ4v) is 4.62. The molecule has 1 heterocycles. The number of nitrogens with zero attached hydrogens (tertiary/aromatic N) is 1. The zero-order valence-electron chi connectivity index (χ0n) is 20.5. The Morgan fingerprint density at radius 2 is 1.56 bits per heavy atom. The van der Waals surface area contributed by atoms with E-state index in [9.17, 15) is 27.6 Å². The third-order valence-corrected chi connectivity index (χ3v) is 7.25. The monoisotopic (exact) mass is 569 g/mol. The average Bonchev–Trinajstić information content (AvgIpc) is 3.19. The molecule has 2 amide bonds. The van der Waals surface area contributed by atoms with E-state index in [1.54, 1.807) is 24.3 Å². The van der Waals surface area contributed by atoms with Crippen LogP contribution in [0.15, 0.2) is 77.7 Å². The van der Waals surface area contributed by atoms with Gasteiger partial charge in [-0.1, -0.05) is 23.7 Å². The number of carbonyl (C=O) groups is 4. The maximum absolute atomic E-state index is 12.9. The Bertz CT molecular complexity index is 1510. The van der Waals surface area contributed by atoms with Crippen molar-refractivity contribution in [2.45, 2.75) is 23.8 Å². The number of primary sulfonamides is 1. The molecular formula is C27H24ClN3O7S. The smallest absolute Gasteiger partial charge is 0.338 e. The number of esters is 1. The molecule has 202 valence electrons. The van der Waals surface area contributed by atoms with Gasteiger partial charge in [0.25, 0.3) is 5.91 Å². The molecule has 39 heavy (non-hydrogen) atoms. The van der Waals surface area contributed by atoms with Gasteiger partial charge in [0, 0.05) is 10.6 Å². The van der Waals surface area contributed by atoms with Crippen LogP contribution in [0.5, 0.6) is 0 Å². The van der Waals surface area contributed by atoms with E-state index in [0.29, 0.717) is 29.2 Å². The van der Waals surface area contributed by atoms with Crippen LogP contribution in [0.2, 0.25) is 5.02 Å². The fourth-order valence-electron chi connectivity index (χ4n) is 3.98. The summed E-state index contributed by atoms with van der Waals surface area (Å²) < 4.78 is 27.8. The molecule has 0 aromatic heterocycles. The first-order chi connectivity index (χ1) is 18.5. The second-order valence-electron chi connectivity index (χ2n) is 8.77. The number of carbonyl (C=O) groups excluding carboxylic acids is 4. The maximum Gasteiger partial charge on any atom is 0.338 e. The Morgan fingerprint density at radius 3 is 2.18 bits per heavy atom. The van der Waals surface area contributed by atoms with E-state index >= 15 is 0 Å². The number of anilines is 1. The molecule has 3 aromatic rings. The normalized spacial score (nSPS) is 15.4. The van der Waals surface area contributed by atoms with Crippen molar-refractivity contribution < 1.29 is 32.3 Å². The maximum atomic E-state index is 12.9. The molecule has 3 N–H and O–H groups in total. The quantitative estimate of drug-likeness (QED) is 0.214. The van der Waals surface area contributed by atoms with E-state index < -0.39 is 34.5 Å². The summed E-state index contributed by atoms with van der Waals surface area (Å²) in [5, 5.41) is 8.64. The first-order valence-electron chi connectivity index (χ1n) is 11.8. The number of benzene rings is 3. The Kier molecular flexibility index (Phi) is 8.56. The molecule has 1 unspecified atom stereocenters. The van der Waals surface area contributed by atoms with Crippen LogP contribution in [-0.2, 0) is 30.8 Å². The van der Waals surface area contributed by atoms with Crippen LogP contribution in [0.25, 0.3) is 0 Å². The first-order valence-corrected chi connectivity index (χ1v) is 13.7. The van der Waals surface area contributed by atoms with Crippen LogP contribution >= 0.6 is 11.6 Å². The Morgan fingerprint density at radius 1 is 0.949 bits per heavy atom. The zero-order chi connectivity index (χ0) is 28.2. The molecule has 10 nitrogen and oxygen atoms in total. The minimum Gasteiger partial charge on any atom is -0.454 e. The van der Waals surface area contributed by atoms with Crippen LogP contribution in [-0.4, -0.2) is 51.2 Å². The molecule has 1 aliphatic rings. The first kappa shape index (κ1) is 28.1. The summed E-state index contributed by atoms with van der Waals surface area (Å²) in [6.07, 6.45) is 0.472. The summed E-state index contributed by atoms with van der Waals surface area (Å²) in [6, 6.07) is 17.3. The minimum atomic E-state index is -3.77. The van der Waals surface area contributed by atoms with E-state index in [-0.39, 0.29) is 28.6 Å². The van der Waals surface area contributed by atoms with Gasteiger partial charge in [0.05, 0.1) is 28.6 Å². The summed E-state index contributed by atoms with van der Waals surface area (Å²) in [5.74, 6) is -1.92. The van der Waals surface area contributed by atoms with Crippen molar-refractivity contribution in [1.82, 2.24) is 5.32 Å². The Hall–Kier alpha value is -3.90. The SMILES string of the molecule is NS(=O)(=O)c1ccc(CCNC2CC(=O)N(c3ccc(C(=O)OCC(=O)c4ccc(Cl)cc4)cc3)C2=O)cc1. The van der Waals surface area contributed by atoms with Crippen molar-refractivity contribution in [2.75, 3.05) is 18.1 Å². The molecule has 0 saturated carbocycles. The van der Waals surface area contributed by atoms with Crippen LogP contribution in [0.3, 0.4) is 0 Å². The summed E-state index contributed by atoms with van der Waals surface area (Å²) in [6.45, 7) is -0.0688. The largest absolute Gasteiger partial charge is 0.454 e. The van der Waals surface area contributed by atoms with Crippen molar-refractivity contribution in [1.29, 1.82) is 0 Å². The summed E-state index contributed by atoms with van der Waals surface area (Å²) in [5.41, 5.74) is 1.66. The Labute approximate surface area is 229 Å². The van der Waals surface area contributed by atoms with Gasteiger partial charge in [0.1, 0.15) is 0 Å². The molecule has 3 aromatic carbocycles. The standard InChI is InChI=1S/C27H24ClN3O7S/c28-20-7-3-18(4-8-20)24(32)16-38-27(35)19-5-9-21(10-6-19)31-25(33)15-23(26(31)34)30-14-13-17-1-11-22(12-2-17)39(29,36)37/h1-12,23,30H,13-16H2,(H2,29,36,37). The highest BCUT2D eigenvalue weighted by Crippen LogP contribution is 2.24. The number of halogens is 1. The third kappa shape index (κ3) is 6.95. The van der Waals surface area contributed by atoms with Crippen LogP contribution in [0.4, 0.5) is 5.69 Å². The van der Waals surface area contributed by atoms with Crippen molar-refractivity contribution in [2.24, 2.45) is 5.14 Å². The van der Waals surface area contributed by atoms with Gasteiger partial charge in [0.2, 0.25) is 15.9 Å². The highest BCUT2D eigenvalue weighted by molar-refractivity contribution is 7.89. The van der Waals surface area contributed by atoms with Gasteiger partial charge in [-0.2, -0.15) is 0 Å². The molecule has 0 spiro atoms. The number of ketones is 1. The number of nitrogens with two attached hydrogens (primary N) is 1. The molecule has 12 heteroatoms. The number of ether oxygens (including phenoxy) is 1. The van der Waals surface area contributed by atoms with Crippen molar-refractivity contribution in [3.8, 4) is 0 Å². The molecule has 1 fully saturated rings. The zero-order valence-corrected chi connectivity index (χ0v) is 22.1. The predicted molar refractivity (Wildman–Crippen MR) is 143 cm³/mol. The predicted octanol–water partition coefficient (Wildman–Crippen LogP) is 2.49. The number of Topliss-reactive ketones (excluding diaryl/α,β-unsaturated/α-hetero) is 1. The van der Waals surface area contributed by atoms with E-state index in [1.165, 1.54) is 48.5 Å². The van der Waals surface area contributed by atoms with E-state index in [0.717, 1.165) is 10.5 Å². The average molecular weight is 570 g/mol. The van der Waals surface area contributed by atoms with Gasteiger partial charge in [-0.05, 0) is 79.2 Å². The van der Waals surface area contributed by atoms with Crippen LogP contribution < -0.4 is 15.4 Å². The number of amides is 2. The number of sulfonamides is 1. The van der Waals surface area contributed by atoms with Crippen molar-refractivity contribution >= 4 is 50.9 Å². The van der Waals surface area contributed by atoms with Gasteiger partial charge in [-0.15, -0.1) is 0 Å². The molecule has 1 aliphatic heterocycles. The topological polar surface area (TPSA) is 153 Å². The summed E-state index contributed by atoms with van der Waals surface area (Å²) >= 11 is 5.81. The minimum absolute atomic E-state index is 0.0112. The lowest BCUT2D eigenvalue weighted by Gasteiger charge is -2.16. The van der Waals surface area contributed by atoms with Gasteiger partial charge >= 0.3 is 5.97 Å². The lowest BCUT2D eigenvalue weighted by atomic mass is 10.1. The second kappa shape index (κ2) is 11.9. The number of imide groups is 1. The van der Waals surface area contributed by atoms with Crippen molar-refractivity contribution in [3.05, 3.63) is 94.5 Å². The Balaban J connectivity index is 1.29. The summed E-state index contributed by atoms with van der Waals surface area (Å²) in [7, 11) is -3.77. The lowest BCUT2D eigenvalue weighted by molar-refractivity contribution is -0.121. The van der Waals surface area contributed by atoms with Gasteiger partial charge < -0.3 is 10.1 Å². The van der Waals surface area contributed by atoms with E-state index in [4.69, 9.17) is 21.5 Å². The van der Waals surface area contributed by atoms with Crippen LogP contribution in [0.1, 0.15) is 32.7 Å². The van der Waals surface area contributed by atoms with E-state index in [1.807, 2.05) is 0 Å². The molecule has 4 rings (SSSR count). The van der Waals surface area contributed by atoms with Crippen molar-refractivity contribution in [3.63, 3.8) is 0 Å². The van der Waals surface area contributed by atoms with Gasteiger partial charge in [-0.25, -0.2) is 23.3 Å². The fraction of sp³-hybridized carbons (Fsp3) is 0.185. The van der Waals surface area contributed by atoms with E-state index in [2.05, 4.69) is 5.32 Å². The second-order valence-corrected chi connectivity index (χ2v) is 10.8. The molecule has 0 bridgehead atoms. The molecular weight excluding hydrogens is 546 g/mol. The number of nitrogens with one attached hydrogen (secondary N) is 1. The summed E-state index contributed by atoms with van der Waals surface area (Å²) in [4.78, 5) is 51.1.